The summed E-state index contributed by atoms with van der Waals surface area (Å²) in [6.07, 6.45) is 0.588. The molecule has 1 aliphatic rings. The van der Waals surface area contributed by atoms with Gasteiger partial charge in [-0.05, 0) is 19.4 Å². The molecule has 1 saturated heterocycles. The molecule has 18 heavy (non-hydrogen) atoms. The summed E-state index contributed by atoms with van der Waals surface area (Å²) in [6, 6.07) is 6.42. The number of carbonyl (C=O) groups is 1. The minimum absolute atomic E-state index is 0.185. The molecule has 2 atom stereocenters. The lowest BCUT2D eigenvalue weighted by molar-refractivity contribution is -0.117. The van der Waals surface area contributed by atoms with Crippen LogP contribution in [0.3, 0.4) is 0 Å². The molecule has 0 radical (unpaired) electrons. The van der Waals surface area contributed by atoms with Gasteiger partial charge >= 0.3 is 0 Å². The van der Waals surface area contributed by atoms with Gasteiger partial charge in [-0.15, -0.1) is 11.8 Å². The SMILES string of the molecule is Cc1cc(C)cc(CC(=O)C2SCCSC2C)c1. The zero-order valence-electron chi connectivity index (χ0n) is 11.2. The highest BCUT2D eigenvalue weighted by Crippen LogP contribution is 2.32. The number of Topliss-reactive ketones (excluding diaryl/α,β-unsaturated/α-hetero) is 1. The van der Waals surface area contributed by atoms with Gasteiger partial charge in [0, 0.05) is 23.2 Å². The Morgan fingerprint density at radius 1 is 1.17 bits per heavy atom. The van der Waals surface area contributed by atoms with E-state index in [0.29, 0.717) is 17.5 Å². The van der Waals surface area contributed by atoms with E-state index in [4.69, 9.17) is 0 Å². The first kappa shape index (κ1) is 14.0. The fraction of sp³-hybridized carbons (Fsp3) is 0.533. The van der Waals surface area contributed by atoms with Crippen LogP contribution >= 0.6 is 23.5 Å². The van der Waals surface area contributed by atoms with Gasteiger partial charge in [0.1, 0.15) is 0 Å². The van der Waals surface area contributed by atoms with Gasteiger partial charge in [0.2, 0.25) is 0 Å². The van der Waals surface area contributed by atoms with Gasteiger partial charge in [-0.2, -0.15) is 11.8 Å². The third-order valence-electron chi connectivity index (χ3n) is 3.16. The normalized spacial score (nSPS) is 23.9. The van der Waals surface area contributed by atoms with Gasteiger partial charge in [-0.3, -0.25) is 4.79 Å². The lowest BCUT2D eigenvalue weighted by atomic mass is 10.0. The van der Waals surface area contributed by atoms with Crippen molar-refractivity contribution in [3.05, 3.63) is 34.9 Å². The standard InChI is InChI=1S/C15H20OS2/c1-10-6-11(2)8-13(7-10)9-14(16)15-12(3)17-4-5-18-15/h6-8,12,15H,4-5,9H2,1-3H3. The van der Waals surface area contributed by atoms with E-state index in [0.717, 1.165) is 5.75 Å². The first-order chi connectivity index (χ1) is 8.56. The van der Waals surface area contributed by atoms with E-state index in [9.17, 15) is 4.79 Å². The van der Waals surface area contributed by atoms with Crippen molar-refractivity contribution >= 4 is 29.3 Å². The smallest absolute Gasteiger partial charge is 0.151 e. The number of thioether (sulfide) groups is 2. The fourth-order valence-electron chi connectivity index (χ4n) is 2.46. The maximum atomic E-state index is 12.4. The van der Waals surface area contributed by atoms with Crippen LogP contribution in [0.2, 0.25) is 0 Å². The van der Waals surface area contributed by atoms with Crippen molar-refractivity contribution in [2.75, 3.05) is 11.5 Å². The number of benzene rings is 1. The fourth-order valence-corrected chi connectivity index (χ4v) is 5.19. The minimum Gasteiger partial charge on any atom is -0.298 e. The maximum absolute atomic E-state index is 12.4. The second kappa shape index (κ2) is 6.16. The summed E-state index contributed by atoms with van der Waals surface area (Å²) in [5, 5.41) is 0.645. The number of hydrogen-bond acceptors (Lipinski definition) is 3. The van der Waals surface area contributed by atoms with Gasteiger partial charge in [-0.1, -0.05) is 36.2 Å². The highest BCUT2D eigenvalue weighted by Gasteiger charge is 2.28. The predicted octanol–water partition coefficient (Wildman–Crippen LogP) is 3.65. The van der Waals surface area contributed by atoms with E-state index < -0.39 is 0 Å². The molecule has 2 rings (SSSR count). The van der Waals surface area contributed by atoms with Crippen LogP contribution in [-0.4, -0.2) is 27.8 Å². The average Bonchev–Trinajstić information content (AvgIpc) is 2.27. The van der Waals surface area contributed by atoms with Crippen molar-refractivity contribution in [2.45, 2.75) is 37.7 Å². The highest BCUT2D eigenvalue weighted by atomic mass is 32.2. The summed E-state index contributed by atoms with van der Waals surface area (Å²) < 4.78 is 0. The zero-order valence-corrected chi connectivity index (χ0v) is 12.9. The van der Waals surface area contributed by atoms with Crippen LogP contribution in [0.15, 0.2) is 18.2 Å². The molecule has 3 heteroatoms. The van der Waals surface area contributed by atoms with Crippen molar-refractivity contribution in [3.8, 4) is 0 Å². The molecule has 0 amide bonds. The summed E-state index contributed by atoms with van der Waals surface area (Å²) >= 11 is 3.77. The zero-order chi connectivity index (χ0) is 13.1. The van der Waals surface area contributed by atoms with Crippen LogP contribution in [0, 0.1) is 13.8 Å². The van der Waals surface area contributed by atoms with Crippen LogP contribution in [0.1, 0.15) is 23.6 Å². The van der Waals surface area contributed by atoms with E-state index in [-0.39, 0.29) is 5.25 Å². The Morgan fingerprint density at radius 3 is 2.39 bits per heavy atom. The third kappa shape index (κ3) is 3.55. The summed E-state index contributed by atoms with van der Waals surface area (Å²) in [5.41, 5.74) is 3.66. The van der Waals surface area contributed by atoms with E-state index >= 15 is 0 Å². The molecule has 1 aromatic rings. The van der Waals surface area contributed by atoms with E-state index in [2.05, 4.69) is 39.0 Å². The molecule has 2 unspecified atom stereocenters. The summed E-state index contributed by atoms with van der Waals surface area (Å²) in [6.45, 7) is 6.37. The lowest BCUT2D eigenvalue weighted by Crippen LogP contribution is -2.32. The molecule has 0 N–H and O–H groups in total. The molecular formula is C15H20OS2. The lowest BCUT2D eigenvalue weighted by Gasteiger charge is -2.26. The Balaban J connectivity index is 2.06. The van der Waals surface area contributed by atoms with Gasteiger partial charge in [0.05, 0.1) is 5.25 Å². The largest absolute Gasteiger partial charge is 0.298 e. The Bertz CT molecular complexity index is 422. The van der Waals surface area contributed by atoms with Crippen LogP contribution in [0.5, 0.6) is 0 Å². The molecule has 1 nitrogen and oxygen atoms in total. The van der Waals surface area contributed by atoms with Crippen molar-refractivity contribution in [2.24, 2.45) is 0 Å². The molecule has 1 aromatic carbocycles. The number of hydrogen-bond donors (Lipinski definition) is 0. The molecule has 1 fully saturated rings. The van der Waals surface area contributed by atoms with Crippen molar-refractivity contribution in [3.63, 3.8) is 0 Å². The Kier molecular flexibility index (Phi) is 4.79. The average molecular weight is 280 g/mol. The van der Waals surface area contributed by atoms with Crippen LogP contribution in [-0.2, 0) is 11.2 Å². The second-order valence-electron chi connectivity index (χ2n) is 5.01. The number of ketones is 1. The molecule has 0 saturated carbocycles. The summed E-state index contributed by atoms with van der Waals surface area (Å²) in [5.74, 6) is 2.68. The van der Waals surface area contributed by atoms with Crippen LogP contribution in [0.25, 0.3) is 0 Å². The Morgan fingerprint density at radius 2 is 1.78 bits per heavy atom. The molecule has 0 spiro atoms. The summed E-state index contributed by atoms with van der Waals surface area (Å²) in [4.78, 5) is 12.4. The van der Waals surface area contributed by atoms with Crippen molar-refractivity contribution < 1.29 is 4.79 Å². The molecule has 98 valence electrons. The summed E-state index contributed by atoms with van der Waals surface area (Å²) in [7, 11) is 0. The van der Waals surface area contributed by atoms with Gasteiger partial charge in [0.15, 0.2) is 5.78 Å². The van der Waals surface area contributed by atoms with Crippen LogP contribution < -0.4 is 0 Å². The molecule has 0 bridgehead atoms. The Labute approximate surface area is 118 Å². The first-order valence-corrected chi connectivity index (χ1v) is 8.49. The molecule has 0 aliphatic carbocycles. The predicted molar refractivity (Wildman–Crippen MR) is 82.8 cm³/mol. The van der Waals surface area contributed by atoms with Crippen molar-refractivity contribution in [1.82, 2.24) is 0 Å². The highest BCUT2D eigenvalue weighted by molar-refractivity contribution is 8.07. The second-order valence-corrected chi connectivity index (χ2v) is 7.74. The quantitative estimate of drug-likeness (QED) is 0.841. The first-order valence-electron chi connectivity index (χ1n) is 6.39. The molecule has 1 heterocycles. The Hall–Kier alpha value is -0.410. The van der Waals surface area contributed by atoms with Crippen LogP contribution in [0.4, 0.5) is 0 Å². The van der Waals surface area contributed by atoms with E-state index in [1.165, 1.54) is 22.4 Å². The third-order valence-corrected chi connectivity index (χ3v) is 6.30. The maximum Gasteiger partial charge on any atom is 0.151 e. The van der Waals surface area contributed by atoms with Gasteiger partial charge in [0.25, 0.3) is 0 Å². The minimum atomic E-state index is 0.185. The van der Waals surface area contributed by atoms with E-state index in [1.54, 1.807) is 0 Å². The number of rotatable bonds is 3. The molecule has 0 aromatic heterocycles. The van der Waals surface area contributed by atoms with Crippen molar-refractivity contribution in [1.29, 1.82) is 0 Å². The molecule has 1 aliphatic heterocycles. The number of aryl methyl sites for hydroxylation is 2. The van der Waals surface area contributed by atoms with E-state index in [1.807, 2.05) is 23.5 Å². The van der Waals surface area contributed by atoms with Gasteiger partial charge in [-0.25, -0.2) is 0 Å². The molecular weight excluding hydrogens is 260 g/mol. The topological polar surface area (TPSA) is 17.1 Å². The van der Waals surface area contributed by atoms with Gasteiger partial charge < -0.3 is 0 Å². The monoisotopic (exact) mass is 280 g/mol. The number of carbonyl (C=O) groups excluding carboxylic acids is 1.